The summed E-state index contributed by atoms with van der Waals surface area (Å²) in [5.41, 5.74) is 0.447. The van der Waals surface area contributed by atoms with Gasteiger partial charge in [-0.25, -0.2) is 0 Å². The molecule has 0 saturated carbocycles. The lowest BCUT2D eigenvalue weighted by atomic mass is 10.1. The highest BCUT2D eigenvalue weighted by Gasteiger charge is 2.20. The third kappa shape index (κ3) is 3.94. The molecule has 0 amide bonds. The Hall–Kier alpha value is -2.12. The standard InChI is InChI=1S/C14H12NO4P/c15-11-14(12-7-3-1-4-8-12)19-20(16,17)18-13-9-5-2-6-10-13/h1-10,14H,(H,16,17)/p-1. The Morgan fingerprint density at radius 3 is 2.15 bits per heavy atom. The number of para-hydroxylation sites is 1. The summed E-state index contributed by atoms with van der Waals surface area (Å²) in [7, 11) is -4.63. The lowest BCUT2D eigenvalue weighted by molar-refractivity contribution is -0.219. The molecular formula is C14H11NO4P-. The number of hydrogen-bond acceptors (Lipinski definition) is 5. The van der Waals surface area contributed by atoms with Crippen molar-refractivity contribution in [3.05, 3.63) is 66.2 Å². The zero-order valence-corrected chi connectivity index (χ0v) is 11.3. The summed E-state index contributed by atoms with van der Waals surface area (Å²) < 4.78 is 21.4. The highest BCUT2D eigenvalue weighted by Crippen LogP contribution is 2.44. The van der Waals surface area contributed by atoms with E-state index in [-0.39, 0.29) is 5.75 Å². The van der Waals surface area contributed by atoms with Gasteiger partial charge in [0.25, 0.3) is 0 Å². The highest BCUT2D eigenvalue weighted by atomic mass is 31.2. The molecule has 2 aromatic rings. The van der Waals surface area contributed by atoms with E-state index in [1.165, 1.54) is 12.1 Å². The van der Waals surface area contributed by atoms with Crippen molar-refractivity contribution in [2.75, 3.05) is 0 Å². The number of hydrogen-bond donors (Lipinski definition) is 0. The molecule has 0 N–H and O–H groups in total. The fourth-order valence-electron chi connectivity index (χ4n) is 1.55. The molecule has 2 unspecified atom stereocenters. The van der Waals surface area contributed by atoms with Crippen LogP contribution in [0.1, 0.15) is 11.7 Å². The molecule has 0 spiro atoms. The van der Waals surface area contributed by atoms with Gasteiger partial charge in [0.2, 0.25) is 0 Å². The largest absolute Gasteiger partial charge is 0.746 e. The quantitative estimate of drug-likeness (QED) is 0.790. The van der Waals surface area contributed by atoms with E-state index in [4.69, 9.17) is 14.3 Å². The maximum atomic E-state index is 11.8. The van der Waals surface area contributed by atoms with Crippen molar-refractivity contribution < 1.29 is 18.5 Å². The average molecular weight is 288 g/mol. The molecule has 5 nitrogen and oxygen atoms in total. The molecule has 0 aromatic heterocycles. The highest BCUT2D eigenvalue weighted by molar-refractivity contribution is 7.46. The Kier molecular flexibility index (Phi) is 4.54. The van der Waals surface area contributed by atoms with E-state index < -0.39 is 13.9 Å². The van der Waals surface area contributed by atoms with Crippen molar-refractivity contribution in [1.82, 2.24) is 0 Å². The number of rotatable bonds is 5. The van der Waals surface area contributed by atoms with Gasteiger partial charge in [0.1, 0.15) is 5.75 Å². The van der Waals surface area contributed by atoms with Crippen LogP contribution >= 0.6 is 7.82 Å². The van der Waals surface area contributed by atoms with Gasteiger partial charge >= 0.3 is 7.82 Å². The topological polar surface area (TPSA) is 82.4 Å². The van der Waals surface area contributed by atoms with Crippen molar-refractivity contribution in [2.24, 2.45) is 0 Å². The number of phosphoric acid groups is 1. The van der Waals surface area contributed by atoms with Gasteiger partial charge < -0.3 is 9.42 Å². The summed E-state index contributed by atoms with van der Waals surface area (Å²) in [6.45, 7) is 0. The zero-order valence-electron chi connectivity index (χ0n) is 10.4. The summed E-state index contributed by atoms with van der Waals surface area (Å²) >= 11 is 0. The first-order valence-corrected chi connectivity index (χ1v) is 7.25. The molecule has 2 rings (SSSR count). The van der Waals surface area contributed by atoms with E-state index in [0.717, 1.165) is 0 Å². The molecule has 2 atom stereocenters. The lowest BCUT2D eigenvalue weighted by Gasteiger charge is -2.25. The Labute approximate surface area is 116 Å². The van der Waals surface area contributed by atoms with Gasteiger partial charge in [-0.1, -0.05) is 48.5 Å². The number of benzene rings is 2. The van der Waals surface area contributed by atoms with E-state index in [9.17, 15) is 9.46 Å². The van der Waals surface area contributed by atoms with Crippen LogP contribution in [0.4, 0.5) is 0 Å². The molecule has 0 heterocycles. The van der Waals surface area contributed by atoms with Crippen LogP contribution in [0.15, 0.2) is 60.7 Å². The van der Waals surface area contributed by atoms with Crippen LogP contribution in [0, 0.1) is 11.3 Å². The minimum atomic E-state index is -4.63. The summed E-state index contributed by atoms with van der Waals surface area (Å²) in [5, 5.41) is 9.02. The fraction of sp³-hybridized carbons (Fsp3) is 0.0714. The molecule has 6 heteroatoms. The first-order valence-electron chi connectivity index (χ1n) is 5.79. The average Bonchev–Trinajstić information content (AvgIpc) is 2.46. The maximum absolute atomic E-state index is 11.8. The third-order valence-electron chi connectivity index (χ3n) is 2.41. The Bertz CT molecular complexity index is 639. The summed E-state index contributed by atoms with van der Waals surface area (Å²) in [6, 6.07) is 18.1. The number of nitriles is 1. The van der Waals surface area contributed by atoms with Gasteiger partial charge in [0.05, 0.1) is 6.07 Å². The van der Waals surface area contributed by atoms with Crippen LogP contribution in [0.25, 0.3) is 0 Å². The van der Waals surface area contributed by atoms with Crippen LogP contribution in [0.3, 0.4) is 0 Å². The molecular weight excluding hydrogens is 277 g/mol. The van der Waals surface area contributed by atoms with E-state index in [2.05, 4.69) is 0 Å². The van der Waals surface area contributed by atoms with Crippen molar-refractivity contribution in [3.63, 3.8) is 0 Å². The molecule has 0 bridgehead atoms. The molecule has 0 aliphatic rings. The smallest absolute Gasteiger partial charge is 0.321 e. The predicted octanol–water partition coefficient (Wildman–Crippen LogP) is 2.82. The molecule has 20 heavy (non-hydrogen) atoms. The second-order valence-electron chi connectivity index (χ2n) is 3.88. The number of nitrogens with zero attached hydrogens (tertiary/aromatic N) is 1. The number of phosphoric ester groups is 1. The minimum Gasteiger partial charge on any atom is -0.746 e. The SMILES string of the molecule is N#CC(OP(=O)([O-])Oc1ccccc1)c1ccccc1. The second kappa shape index (κ2) is 6.36. The zero-order chi connectivity index (χ0) is 14.4. The van der Waals surface area contributed by atoms with Crippen LogP contribution in [-0.4, -0.2) is 0 Å². The Morgan fingerprint density at radius 2 is 1.60 bits per heavy atom. The first-order chi connectivity index (χ1) is 9.61. The van der Waals surface area contributed by atoms with Gasteiger partial charge in [-0.3, -0.25) is 9.09 Å². The Balaban J connectivity index is 2.11. The summed E-state index contributed by atoms with van der Waals surface area (Å²) in [6.07, 6.45) is -1.23. The van der Waals surface area contributed by atoms with Gasteiger partial charge in [0.15, 0.2) is 6.10 Å². The van der Waals surface area contributed by atoms with Crippen molar-refractivity contribution in [1.29, 1.82) is 5.26 Å². The van der Waals surface area contributed by atoms with E-state index in [1.54, 1.807) is 54.6 Å². The minimum absolute atomic E-state index is 0.135. The monoisotopic (exact) mass is 288 g/mol. The molecule has 102 valence electrons. The normalized spacial score (nSPS) is 14.8. The maximum Gasteiger partial charge on any atom is 0.321 e. The third-order valence-corrected chi connectivity index (χ3v) is 3.32. The van der Waals surface area contributed by atoms with Gasteiger partial charge in [-0.15, -0.1) is 0 Å². The van der Waals surface area contributed by atoms with Gasteiger partial charge in [-0.2, -0.15) is 5.26 Å². The fourth-order valence-corrected chi connectivity index (χ4v) is 2.40. The molecule has 0 saturated heterocycles. The van der Waals surface area contributed by atoms with E-state index in [0.29, 0.717) is 5.56 Å². The van der Waals surface area contributed by atoms with Crippen LogP contribution in [0.2, 0.25) is 0 Å². The van der Waals surface area contributed by atoms with Gasteiger partial charge in [0, 0.05) is 0 Å². The van der Waals surface area contributed by atoms with Crippen LogP contribution < -0.4 is 9.42 Å². The predicted molar refractivity (Wildman–Crippen MR) is 70.6 cm³/mol. The summed E-state index contributed by atoms with van der Waals surface area (Å²) in [4.78, 5) is 11.8. The van der Waals surface area contributed by atoms with Crippen molar-refractivity contribution in [3.8, 4) is 11.8 Å². The van der Waals surface area contributed by atoms with Crippen LogP contribution in [0.5, 0.6) is 5.75 Å². The molecule has 0 fully saturated rings. The first kappa shape index (κ1) is 14.3. The van der Waals surface area contributed by atoms with Gasteiger partial charge in [-0.05, 0) is 17.7 Å². The van der Waals surface area contributed by atoms with Crippen molar-refractivity contribution >= 4 is 7.82 Å². The Morgan fingerprint density at radius 1 is 1.05 bits per heavy atom. The molecule has 2 aromatic carbocycles. The van der Waals surface area contributed by atoms with Crippen molar-refractivity contribution in [2.45, 2.75) is 6.10 Å². The lowest BCUT2D eigenvalue weighted by Crippen LogP contribution is -2.13. The molecule has 0 aliphatic heterocycles. The molecule has 0 aliphatic carbocycles. The van der Waals surface area contributed by atoms with Crippen LogP contribution in [-0.2, 0) is 9.09 Å². The summed E-state index contributed by atoms with van der Waals surface area (Å²) in [5.74, 6) is 0.135. The second-order valence-corrected chi connectivity index (χ2v) is 5.16. The van der Waals surface area contributed by atoms with E-state index >= 15 is 0 Å². The van der Waals surface area contributed by atoms with E-state index in [1.807, 2.05) is 0 Å². The molecule has 0 radical (unpaired) electrons.